The van der Waals surface area contributed by atoms with Gasteiger partial charge in [-0.05, 0) is 43.0 Å². The zero-order chi connectivity index (χ0) is 39.6. The Labute approximate surface area is 305 Å². The van der Waals surface area contributed by atoms with Crippen LogP contribution in [0.1, 0.15) is 24.3 Å². The normalized spacial score (nSPS) is 27.9. The Morgan fingerprint density at radius 3 is 2.09 bits per heavy atom. The van der Waals surface area contributed by atoms with E-state index in [4.69, 9.17) is 23.2 Å². The molecule has 1 saturated carbocycles. The first-order valence-corrected chi connectivity index (χ1v) is 16.1. The second-order valence-corrected chi connectivity index (χ2v) is 14.0. The number of non-ortho nitro benzene ring substituents is 1. The van der Waals surface area contributed by atoms with Crippen molar-refractivity contribution in [1.29, 1.82) is 0 Å². The first-order chi connectivity index (χ1) is 25.2. The minimum atomic E-state index is -5.33. The predicted octanol–water partition coefficient (Wildman–Crippen LogP) is 6.66. The van der Waals surface area contributed by atoms with Gasteiger partial charge in [0.1, 0.15) is 17.2 Å². The summed E-state index contributed by atoms with van der Waals surface area (Å²) in [4.78, 5) is 61.1. The number of hydrogen-bond donors (Lipinski definition) is 1. The minimum absolute atomic E-state index is 0.190. The highest BCUT2D eigenvalue weighted by atomic mass is 35.5. The van der Waals surface area contributed by atoms with Crippen LogP contribution in [0.4, 0.5) is 52.2 Å². The second-order valence-electron chi connectivity index (χ2n) is 12.8. The smallest absolute Gasteiger partial charge is 0.508 e. The number of phenolic OH excluding ortho intramolecular Hbond substituents is 1. The average molecular weight is 806 g/mol. The number of phenols is 1. The lowest BCUT2D eigenvalue weighted by molar-refractivity contribution is -0.384. The van der Waals surface area contributed by atoms with Gasteiger partial charge in [0.05, 0.1) is 22.4 Å². The molecule has 4 amide bonds. The Bertz CT molecular complexity index is 2260. The quantitative estimate of drug-likeness (QED) is 0.0440. The summed E-state index contributed by atoms with van der Waals surface area (Å²) in [5.74, 6) is -27.2. The fourth-order valence-corrected chi connectivity index (χ4v) is 8.80. The van der Waals surface area contributed by atoms with Crippen LogP contribution < -0.4 is 14.5 Å². The number of allylic oxidation sites excluding steroid dienone is 2. The minimum Gasteiger partial charge on any atom is -0.508 e. The van der Waals surface area contributed by atoms with Crippen LogP contribution in [0.5, 0.6) is 11.5 Å². The van der Waals surface area contributed by atoms with E-state index in [1.807, 2.05) is 0 Å². The third-order valence-electron chi connectivity index (χ3n) is 10.1. The molecule has 54 heavy (non-hydrogen) atoms. The van der Waals surface area contributed by atoms with Crippen LogP contribution in [-0.2, 0) is 19.2 Å². The fraction of sp³-hybridized carbons (Fsp3) is 0.273. The van der Waals surface area contributed by atoms with Crippen molar-refractivity contribution in [2.75, 3.05) is 9.80 Å². The van der Waals surface area contributed by atoms with Crippen LogP contribution in [-0.4, -0.2) is 49.8 Å². The highest BCUT2D eigenvalue weighted by molar-refractivity contribution is 6.58. The molecule has 6 atom stereocenters. The zero-order valence-corrected chi connectivity index (χ0v) is 27.8. The number of carbonyl (C=O) groups excluding carboxylic acids is 4. The molecular formula is C33H17Cl2F8N3O8. The first kappa shape index (κ1) is 37.0. The van der Waals surface area contributed by atoms with Crippen LogP contribution in [0.15, 0.2) is 54.1 Å². The van der Waals surface area contributed by atoms with E-state index >= 15 is 8.78 Å². The van der Waals surface area contributed by atoms with Gasteiger partial charge in [-0.15, -0.1) is 36.4 Å². The van der Waals surface area contributed by atoms with Gasteiger partial charge in [-0.2, -0.15) is 0 Å². The van der Waals surface area contributed by atoms with E-state index in [1.54, 1.807) is 0 Å². The molecular weight excluding hydrogens is 789 g/mol. The lowest BCUT2D eigenvalue weighted by atomic mass is 9.56. The molecule has 2 aliphatic carbocycles. The summed E-state index contributed by atoms with van der Waals surface area (Å²) in [6, 6.07) is 6.23. The predicted molar refractivity (Wildman–Crippen MR) is 167 cm³/mol. The van der Waals surface area contributed by atoms with Gasteiger partial charge >= 0.3 is 6.36 Å². The molecule has 2 aliphatic heterocycles. The number of nitro groups is 1. The van der Waals surface area contributed by atoms with Crippen molar-refractivity contribution >= 4 is 63.9 Å². The largest absolute Gasteiger partial charge is 0.573 e. The van der Waals surface area contributed by atoms with Gasteiger partial charge in [0.15, 0.2) is 33.0 Å². The average Bonchev–Trinajstić information content (AvgIpc) is 3.45. The molecule has 2 saturated heterocycles. The van der Waals surface area contributed by atoms with Crippen molar-refractivity contribution in [3.05, 3.63) is 98.9 Å². The fourth-order valence-electron chi connectivity index (χ4n) is 7.87. The van der Waals surface area contributed by atoms with Crippen molar-refractivity contribution in [1.82, 2.24) is 0 Å². The molecule has 11 nitrogen and oxygen atoms in total. The number of fused-ring (bicyclic) bond motifs is 4. The number of hydrogen-bond acceptors (Lipinski definition) is 8. The van der Waals surface area contributed by atoms with E-state index in [-0.39, 0.29) is 17.7 Å². The molecule has 282 valence electrons. The number of anilines is 2. The van der Waals surface area contributed by atoms with Gasteiger partial charge < -0.3 is 9.84 Å². The lowest BCUT2D eigenvalue weighted by Crippen LogP contribution is -2.60. The highest BCUT2D eigenvalue weighted by Crippen LogP contribution is 2.67. The Kier molecular flexibility index (Phi) is 8.30. The maximum atomic E-state index is 15.2. The number of alkyl halides is 5. The number of nitrogens with zero attached hydrogens (tertiary/aromatic N) is 3. The number of rotatable bonds is 5. The number of aromatic hydroxyl groups is 1. The molecule has 3 aromatic rings. The van der Waals surface area contributed by atoms with Crippen LogP contribution in [0.25, 0.3) is 0 Å². The van der Waals surface area contributed by atoms with Gasteiger partial charge in [-0.25, -0.2) is 31.8 Å². The van der Waals surface area contributed by atoms with Crippen LogP contribution >= 0.6 is 23.2 Å². The molecule has 6 unspecified atom stereocenters. The van der Waals surface area contributed by atoms with Crippen LogP contribution in [0, 0.1) is 57.0 Å². The Hall–Kier alpha value is -5.30. The molecule has 1 N–H and O–H groups in total. The SMILES string of the molecule is O=C1C2CC=C3C(CC4(Cl)C(=O)N(c5c(F)c(F)c(F)c(F)c5F)C(=O)C4(Cl)C3c3cc(OC(F)(F)F)ccc3O)C2C(=O)N1c1cccc([N+](=O)[O-])c1. The number of halogens is 10. The third-order valence-corrected chi connectivity index (χ3v) is 11.5. The number of imide groups is 2. The molecule has 0 spiro atoms. The molecule has 4 aliphatic rings. The molecule has 21 heteroatoms. The number of amides is 4. The highest BCUT2D eigenvalue weighted by Gasteiger charge is 2.77. The summed E-state index contributed by atoms with van der Waals surface area (Å²) in [5.41, 5.74) is -3.75. The summed E-state index contributed by atoms with van der Waals surface area (Å²) >= 11 is 13.9. The van der Waals surface area contributed by atoms with E-state index in [9.17, 15) is 60.7 Å². The molecule has 3 aromatic carbocycles. The van der Waals surface area contributed by atoms with Crippen molar-refractivity contribution < 1.29 is 69.1 Å². The summed E-state index contributed by atoms with van der Waals surface area (Å²) in [5, 5.41) is 22.5. The van der Waals surface area contributed by atoms with Gasteiger partial charge in [-0.1, -0.05) is 17.7 Å². The number of carbonyl (C=O) groups is 4. The molecule has 0 bridgehead atoms. The van der Waals surface area contributed by atoms with E-state index in [2.05, 4.69) is 4.74 Å². The lowest BCUT2D eigenvalue weighted by Gasteiger charge is -2.50. The Morgan fingerprint density at radius 2 is 1.48 bits per heavy atom. The van der Waals surface area contributed by atoms with Crippen molar-refractivity contribution in [3.8, 4) is 11.5 Å². The molecule has 0 radical (unpaired) electrons. The number of benzene rings is 3. The zero-order valence-electron chi connectivity index (χ0n) is 26.3. The maximum absolute atomic E-state index is 15.2. The van der Waals surface area contributed by atoms with E-state index in [0.717, 1.165) is 12.1 Å². The van der Waals surface area contributed by atoms with E-state index in [1.165, 1.54) is 18.2 Å². The van der Waals surface area contributed by atoms with Gasteiger partial charge in [0.2, 0.25) is 17.6 Å². The Morgan fingerprint density at radius 1 is 0.852 bits per heavy atom. The molecule has 2 heterocycles. The number of nitro benzene ring substituents is 1. The summed E-state index contributed by atoms with van der Waals surface area (Å²) in [6.07, 6.45) is -5.42. The second kappa shape index (κ2) is 12.1. The number of ether oxygens (including phenoxy) is 1. The first-order valence-electron chi connectivity index (χ1n) is 15.3. The van der Waals surface area contributed by atoms with Crippen LogP contribution in [0.3, 0.4) is 0 Å². The van der Waals surface area contributed by atoms with E-state index < -0.39 is 137 Å². The Balaban J connectivity index is 1.44. The summed E-state index contributed by atoms with van der Waals surface area (Å²) in [7, 11) is 0. The summed E-state index contributed by atoms with van der Waals surface area (Å²) in [6.45, 7) is 0. The summed E-state index contributed by atoms with van der Waals surface area (Å²) < 4.78 is 117. The maximum Gasteiger partial charge on any atom is 0.573 e. The van der Waals surface area contributed by atoms with E-state index in [0.29, 0.717) is 23.1 Å². The van der Waals surface area contributed by atoms with Crippen molar-refractivity contribution in [3.63, 3.8) is 0 Å². The van der Waals surface area contributed by atoms with Crippen LogP contribution in [0.2, 0.25) is 0 Å². The standard InChI is InChI=1S/C33H17Cl2F8N3O8/c34-31-10-17-14(5-6-15-19(17)28(49)44(27(15)48)11-2-1-3-12(8-11)46(52)53)20(16-9-13(4-7-18(16)47)54-33(41,42)43)32(31,35)30(51)45(29(31)50)26-24(39)22(37)21(36)23(38)25(26)40/h1-5,7-9,15,17,19-20,47H,6,10H2. The monoisotopic (exact) mass is 805 g/mol. The molecule has 0 aromatic heterocycles. The molecule has 3 fully saturated rings. The van der Waals surface area contributed by atoms with Gasteiger partial charge in [0, 0.05) is 23.6 Å². The molecule has 7 rings (SSSR count). The topological polar surface area (TPSA) is 147 Å². The van der Waals surface area contributed by atoms with Crippen molar-refractivity contribution in [2.24, 2.45) is 17.8 Å². The van der Waals surface area contributed by atoms with Crippen molar-refractivity contribution in [2.45, 2.75) is 34.9 Å². The van der Waals surface area contributed by atoms with Gasteiger partial charge in [-0.3, -0.25) is 29.3 Å². The third kappa shape index (κ3) is 5.00. The van der Waals surface area contributed by atoms with Gasteiger partial charge in [0.25, 0.3) is 17.5 Å².